The molecule has 46 valence electrons. The molecule has 0 aromatic carbocycles. The second kappa shape index (κ2) is 4.32. The van der Waals surface area contributed by atoms with Gasteiger partial charge in [0.15, 0.2) is 0 Å². The Kier molecular flexibility index (Phi) is 3.87. The van der Waals surface area contributed by atoms with E-state index in [1.54, 1.807) is 0 Å². The fourth-order valence-corrected chi connectivity index (χ4v) is 0.177. The predicted molar refractivity (Wildman–Crippen MR) is 32.3 cm³/mol. The third kappa shape index (κ3) is 3.35. The lowest BCUT2D eigenvalue weighted by atomic mass is 11.1. The topological polar surface area (TPSA) is 50.4 Å². The number of nitrogens with one attached hydrogen (secondary N) is 2. The first-order valence-corrected chi connectivity index (χ1v) is 2.36. The van der Waals surface area contributed by atoms with Crippen LogP contribution in [0.2, 0.25) is 0 Å². The lowest BCUT2D eigenvalue weighted by Crippen LogP contribution is -2.25. The summed E-state index contributed by atoms with van der Waals surface area (Å²) in [4.78, 5) is 14.3. The molecule has 0 saturated heterocycles. The summed E-state index contributed by atoms with van der Waals surface area (Å²) >= 11 is 4.28. The van der Waals surface area contributed by atoms with E-state index in [0.29, 0.717) is 0 Å². The van der Waals surface area contributed by atoms with Crippen molar-refractivity contribution in [3.63, 3.8) is 0 Å². The third-order valence-electron chi connectivity index (χ3n) is 0.404. The van der Waals surface area contributed by atoms with Crippen LogP contribution in [0.5, 0.6) is 0 Å². The first-order valence-electron chi connectivity index (χ1n) is 1.89. The van der Waals surface area contributed by atoms with Crippen molar-refractivity contribution in [2.45, 2.75) is 0 Å². The lowest BCUT2D eigenvalue weighted by Gasteiger charge is -1.97. The second-order valence-corrected chi connectivity index (χ2v) is 1.11. The maximum atomic E-state index is 10.1. The molecule has 0 aliphatic rings. The lowest BCUT2D eigenvalue weighted by molar-refractivity contribution is 0.125. The standard InChI is InChI=1S/C3H6N2O2S/c1-4-3(6)7-5-2-8/h2H,1H3,(H,4,6)(H,5,8). The van der Waals surface area contributed by atoms with Gasteiger partial charge in [-0.3, -0.25) is 0 Å². The van der Waals surface area contributed by atoms with E-state index < -0.39 is 6.09 Å². The van der Waals surface area contributed by atoms with E-state index >= 15 is 0 Å². The molecule has 0 fully saturated rings. The minimum Gasteiger partial charge on any atom is -0.324 e. The molecule has 0 unspecified atom stereocenters. The summed E-state index contributed by atoms with van der Waals surface area (Å²) < 4.78 is 0. The summed E-state index contributed by atoms with van der Waals surface area (Å²) in [5, 5.41) is 2.21. The summed E-state index contributed by atoms with van der Waals surface area (Å²) in [5.41, 5.74) is 3.17. The van der Waals surface area contributed by atoms with Crippen LogP contribution in [0, 0.1) is 0 Å². The molecule has 5 heteroatoms. The number of carbonyl (C=O) groups excluding carboxylic acids is 1. The molecule has 0 saturated carbocycles. The van der Waals surface area contributed by atoms with Crippen LogP contribution in [0.4, 0.5) is 4.79 Å². The zero-order valence-corrected chi connectivity index (χ0v) is 5.12. The minimum atomic E-state index is -0.564. The normalized spacial score (nSPS) is 7.12. The Labute approximate surface area is 52.2 Å². The Balaban J connectivity index is 3.11. The molecule has 4 nitrogen and oxygen atoms in total. The van der Waals surface area contributed by atoms with E-state index in [2.05, 4.69) is 27.9 Å². The van der Waals surface area contributed by atoms with Crippen molar-refractivity contribution in [3.05, 3.63) is 0 Å². The van der Waals surface area contributed by atoms with Crippen LogP contribution < -0.4 is 10.8 Å². The van der Waals surface area contributed by atoms with Crippen molar-refractivity contribution in [3.8, 4) is 0 Å². The maximum Gasteiger partial charge on any atom is 0.431 e. The van der Waals surface area contributed by atoms with Gasteiger partial charge in [-0.05, 0) is 0 Å². The molecule has 0 atom stereocenters. The summed E-state index contributed by atoms with van der Waals surface area (Å²) in [6.45, 7) is 0. The van der Waals surface area contributed by atoms with Crippen molar-refractivity contribution in [2.75, 3.05) is 7.05 Å². The van der Waals surface area contributed by atoms with Gasteiger partial charge in [0.2, 0.25) is 0 Å². The summed E-state index contributed by atoms with van der Waals surface area (Å²) in [6, 6.07) is 0. The van der Waals surface area contributed by atoms with Gasteiger partial charge in [-0.1, -0.05) is 12.2 Å². The van der Waals surface area contributed by atoms with Crippen molar-refractivity contribution in [1.29, 1.82) is 0 Å². The number of hydroxylamine groups is 1. The number of carbonyl (C=O) groups is 1. The van der Waals surface area contributed by atoms with Crippen molar-refractivity contribution in [1.82, 2.24) is 10.8 Å². The SMILES string of the molecule is CNC(=O)ONC=S. The third-order valence-corrected chi connectivity index (χ3v) is 0.500. The van der Waals surface area contributed by atoms with Gasteiger partial charge in [0.25, 0.3) is 0 Å². The van der Waals surface area contributed by atoms with Gasteiger partial charge in [0, 0.05) is 7.05 Å². The molecule has 2 N–H and O–H groups in total. The molecular weight excluding hydrogens is 128 g/mol. The first kappa shape index (κ1) is 7.16. The highest BCUT2D eigenvalue weighted by molar-refractivity contribution is 7.78. The molecule has 0 aromatic heterocycles. The van der Waals surface area contributed by atoms with Crippen molar-refractivity contribution in [2.24, 2.45) is 0 Å². The Bertz CT molecular complexity index is 95.3. The highest BCUT2D eigenvalue weighted by atomic mass is 32.1. The van der Waals surface area contributed by atoms with Gasteiger partial charge < -0.3 is 10.2 Å². The minimum absolute atomic E-state index is 0.564. The van der Waals surface area contributed by atoms with Crippen LogP contribution in [0.15, 0.2) is 0 Å². The van der Waals surface area contributed by atoms with Crippen LogP contribution in [-0.2, 0) is 4.84 Å². The largest absolute Gasteiger partial charge is 0.431 e. The molecule has 1 amide bonds. The van der Waals surface area contributed by atoms with Gasteiger partial charge in [0.1, 0.15) is 0 Å². The van der Waals surface area contributed by atoms with Crippen molar-refractivity contribution >= 4 is 23.8 Å². The number of rotatable bonds is 2. The molecule has 0 aromatic rings. The summed E-state index contributed by atoms with van der Waals surface area (Å²) in [5.74, 6) is 0. The Morgan fingerprint density at radius 1 is 1.88 bits per heavy atom. The fraction of sp³-hybridized carbons (Fsp3) is 0.333. The molecule has 0 bridgehead atoms. The van der Waals surface area contributed by atoms with E-state index in [1.165, 1.54) is 7.05 Å². The highest BCUT2D eigenvalue weighted by Crippen LogP contribution is 1.64. The quantitative estimate of drug-likeness (QED) is 0.406. The number of thiocarbonyl (C=S) groups is 1. The molecule has 0 aliphatic carbocycles. The maximum absolute atomic E-state index is 10.1. The highest BCUT2D eigenvalue weighted by Gasteiger charge is 1.91. The van der Waals surface area contributed by atoms with E-state index in [4.69, 9.17) is 0 Å². The number of hydrogen-bond donors (Lipinski definition) is 2. The average molecular weight is 134 g/mol. The van der Waals surface area contributed by atoms with E-state index in [0.717, 1.165) is 5.49 Å². The van der Waals surface area contributed by atoms with Gasteiger partial charge in [-0.2, -0.15) is 0 Å². The van der Waals surface area contributed by atoms with E-state index in [9.17, 15) is 4.79 Å². The van der Waals surface area contributed by atoms with Crippen LogP contribution in [0.3, 0.4) is 0 Å². The Hall–Kier alpha value is -0.840. The van der Waals surface area contributed by atoms with Gasteiger partial charge in [-0.25, -0.2) is 10.3 Å². The molecule has 8 heavy (non-hydrogen) atoms. The van der Waals surface area contributed by atoms with Crippen LogP contribution in [0.25, 0.3) is 0 Å². The zero-order chi connectivity index (χ0) is 6.41. The van der Waals surface area contributed by atoms with Gasteiger partial charge in [0.05, 0.1) is 5.49 Å². The molecular formula is C3H6N2O2S. The monoisotopic (exact) mass is 134 g/mol. The fourth-order valence-electron chi connectivity index (χ4n) is 0.129. The molecule has 0 heterocycles. The molecule has 0 radical (unpaired) electrons. The number of hydrogen-bond acceptors (Lipinski definition) is 3. The zero-order valence-electron chi connectivity index (χ0n) is 4.30. The average Bonchev–Trinajstić information content (AvgIpc) is 1.83. The summed E-state index contributed by atoms with van der Waals surface area (Å²) in [7, 11) is 1.45. The smallest absolute Gasteiger partial charge is 0.324 e. The van der Waals surface area contributed by atoms with Crippen molar-refractivity contribution < 1.29 is 9.63 Å². The second-order valence-electron chi connectivity index (χ2n) is 0.875. The Morgan fingerprint density at radius 2 is 2.50 bits per heavy atom. The first-order chi connectivity index (χ1) is 3.81. The van der Waals surface area contributed by atoms with Crippen LogP contribution in [0.1, 0.15) is 0 Å². The van der Waals surface area contributed by atoms with Gasteiger partial charge in [-0.15, -0.1) is 0 Å². The van der Waals surface area contributed by atoms with E-state index in [-0.39, 0.29) is 0 Å². The molecule has 0 spiro atoms. The van der Waals surface area contributed by atoms with Crippen LogP contribution >= 0.6 is 12.2 Å². The molecule has 0 aliphatic heterocycles. The molecule has 0 rings (SSSR count). The van der Waals surface area contributed by atoms with E-state index in [1.807, 2.05) is 0 Å². The summed E-state index contributed by atoms with van der Waals surface area (Å²) in [6.07, 6.45) is -0.564. The van der Waals surface area contributed by atoms with Crippen LogP contribution in [-0.4, -0.2) is 18.6 Å². The predicted octanol–water partition coefficient (Wildman–Crippen LogP) is -0.196. The van der Waals surface area contributed by atoms with Gasteiger partial charge >= 0.3 is 6.09 Å². The number of amides is 1. The Morgan fingerprint density at radius 3 is 2.88 bits per heavy atom.